The van der Waals surface area contributed by atoms with Crippen molar-refractivity contribution in [2.45, 2.75) is 51.4 Å². The molecule has 1 unspecified atom stereocenters. The molecule has 0 bridgehead atoms. The second-order valence-corrected chi connectivity index (χ2v) is 4.69. The van der Waals surface area contributed by atoms with Crippen molar-refractivity contribution >= 4 is 17.9 Å². The van der Waals surface area contributed by atoms with Crippen LogP contribution in [0.1, 0.15) is 51.4 Å². The van der Waals surface area contributed by atoms with Gasteiger partial charge in [-0.15, -0.1) is 0 Å². The summed E-state index contributed by atoms with van der Waals surface area (Å²) in [4.78, 5) is 31.5. The summed E-state index contributed by atoms with van der Waals surface area (Å²) < 4.78 is 0. The van der Waals surface area contributed by atoms with Gasteiger partial charge < -0.3 is 15.3 Å². The topological polar surface area (TPSA) is 112 Å². The van der Waals surface area contributed by atoms with Crippen LogP contribution in [0.25, 0.3) is 0 Å². The van der Waals surface area contributed by atoms with Gasteiger partial charge in [0.25, 0.3) is 0 Å². The highest BCUT2D eigenvalue weighted by molar-refractivity contribution is 5.77. The molecule has 0 saturated carbocycles. The van der Waals surface area contributed by atoms with E-state index in [-0.39, 0.29) is 19.3 Å². The molecule has 0 spiro atoms. The van der Waals surface area contributed by atoms with Gasteiger partial charge in [0.15, 0.2) is 0 Å². The molecule has 0 fully saturated rings. The average molecular weight is 286 g/mol. The Bertz CT molecular complexity index is 348. The first kappa shape index (κ1) is 18.1. The van der Waals surface area contributed by atoms with Gasteiger partial charge in [0.1, 0.15) is 0 Å². The number of carbonyl (C=O) groups is 3. The molecule has 1 atom stereocenters. The van der Waals surface area contributed by atoms with Crippen molar-refractivity contribution in [2.24, 2.45) is 5.92 Å². The highest BCUT2D eigenvalue weighted by Crippen LogP contribution is 2.11. The average Bonchev–Trinajstić information content (AvgIpc) is 2.34. The number of aliphatic carboxylic acids is 3. The van der Waals surface area contributed by atoms with Crippen molar-refractivity contribution in [3.63, 3.8) is 0 Å². The van der Waals surface area contributed by atoms with E-state index in [2.05, 4.69) is 0 Å². The van der Waals surface area contributed by atoms with E-state index in [1.54, 1.807) is 6.08 Å². The summed E-state index contributed by atoms with van der Waals surface area (Å²) in [5.41, 5.74) is 0. The second kappa shape index (κ2) is 11.0. The molecule has 0 aliphatic heterocycles. The van der Waals surface area contributed by atoms with Crippen LogP contribution in [0.3, 0.4) is 0 Å². The number of carboxylic acids is 3. The van der Waals surface area contributed by atoms with Gasteiger partial charge in [0.2, 0.25) is 0 Å². The van der Waals surface area contributed by atoms with Crippen molar-refractivity contribution < 1.29 is 29.7 Å². The molecule has 0 aromatic heterocycles. The van der Waals surface area contributed by atoms with Crippen LogP contribution in [-0.4, -0.2) is 33.2 Å². The number of hydrogen-bond donors (Lipinski definition) is 3. The van der Waals surface area contributed by atoms with Crippen LogP contribution in [0.4, 0.5) is 0 Å². The summed E-state index contributed by atoms with van der Waals surface area (Å²) in [5.74, 6) is -3.85. The lowest BCUT2D eigenvalue weighted by atomic mass is 10.0. The first-order valence-corrected chi connectivity index (χ1v) is 6.75. The first-order valence-electron chi connectivity index (χ1n) is 6.75. The Morgan fingerprint density at radius 3 is 2.05 bits per heavy atom. The summed E-state index contributed by atoms with van der Waals surface area (Å²) in [5, 5.41) is 25.8. The van der Waals surface area contributed by atoms with E-state index in [0.717, 1.165) is 25.7 Å². The fraction of sp³-hybridized carbons (Fsp3) is 0.643. The van der Waals surface area contributed by atoms with Crippen molar-refractivity contribution in [2.75, 3.05) is 0 Å². The SMILES string of the molecule is O=C(O)CCCCCC/C=C/CC(CC(=O)O)C(=O)O. The van der Waals surface area contributed by atoms with Crippen LogP contribution in [0.2, 0.25) is 0 Å². The summed E-state index contributed by atoms with van der Waals surface area (Å²) in [7, 11) is 0. The number of carboxylic acid groups (broad SMARTS) is 3. The quantitative estimate of drug-likeness (QED) is 0.375. The van der Waals surface area contributed by atoms with E-state index in [4.69, 9.17) is 15.3 Å². The van der Waals surface area contributed by atoms with Gasteiger partial charge in [-0.3, -0.25) is 14.4 Å². The van der Waals surface area contributed by atoms with Crippen molar-refractivity contribution in [1.29, 1.82) is 0 Å². The van der Waals surface area contributed by atoms with Crippen molar-refractivity contribution in [3.8, 4) is 0 Å². The third-order valence-electron chi connectivity index (χ3n) is 2.87. The van der Waals surface area contributed by atoms with Gasteiger partial charge in [0.05, 0.1) is 12.3 Å². The van der Waals surface area contributed by atoms with Crippen molar-refractivity contribution in [1.82, 2.24) is 0 Å². The number of allylic oxidation sites excluding steroid dienone is 2. The lowest BCUT2D eigenvalue weighted by molar-refractivity contribution is -0.148. The summed E-state index contributed by atoms with van der Waals surface area (Å²) in [6, 6.07) is 0. The third-order valence-corrected chi connectivity index (χ3v) is 2.87. The molecule has 0 rings (SSSR count). The third kappa shape index (κ3) is 11.3. The molecular weight excluding hydrogens is 264 g/mol. The molecule has 6 heteroatoms. The van der Waals surface area contributed by atoms with Gasteiger partial charge in [-0.05, 0) is 25.7 Å². The van der Waals surface area contributed by atoms with E-state index in [0.29, 0.717) is 6.42 Å². The molecule has 0 aliphatic carbocycles. The van der Waals surface area contributed by atoms with Crippen LogP contribution in [0.15, 0.2) is 12.2 Å². The van der Waals surface area contributed by atoms with Gasteiger partial charge in [-0.1, -0.05) is 25.0 Å². The van der Waals surface area contributed by atoms with Crippen LogP contribution in [-0.2, 0) is 14.4 Å². The Morgan fingerprint density at radius 1 is 0.850 bits per heavy atom. The maximum atomic E-state index is 10.8. The normalized spacial score (nSPS) is 12.4. The fourth-order valence-electron chi connectivity index (χ4n) is 1.75. The molecular formula is C14H22O6. The van der Waals surface area contributed by atoms with E-state index in [1.165, 1.54) is 0 Å². The molecule has 0 aromatic rings. The molecule has 0 heterocycles. The molecule has 0 radical (unpaired) electrons. The maximum absolute atomic E-state index is 10.8. The fourth-order valence-corrected chi connectivity index (χ4v) is 1.75. The van der Waals surface area contributed by atoms with Gasteiger partial charge in [-0.2, -0.15) is 0 Å². The zero-order chi connectivity index (χ0) is 15.4. The molecule has 3 N–H and O–H groups in total. The Hall–Kier alpha value is -1.85. The monoisotopic (exact) mass is 286 g/mol. The molecule has 6 nitrogen and oxygen atoms in total. The Balaban J connectivity index is 3.66. The lowest BCUT2D eigenvalue weighted by Crippen LogP contribution is -2.16. The van der Waals surface area contributed by atoms with Crippen LogP contribution in [0.5, 0.6) is 0 Å². The Labute approximate surface area is 118 Å². The van der Waals surface area contributed by atoms with E-state index in [1.807, 2.05) is 6.08 Å². The first-order chi connectivity index (χ1) is 9.43. The highest BCUT2D eigenvalue weighted by Gasteiger charge is 2.18. The van der Waals surface area contributed by atoms with Crippen LogP contribution < -0.4 is 0 Å². The van der Waals surface area contributed by atoms with Crippen LogP contribution in [0, 0.1) is 5.92 Å². The summed E-state index contributed by atoms with van der Waals surface area (Å²) in [6.45, 7) is 0. The van der Waals surface area contributed by atoms with Gasteiger partial charge in [0, 0.05) is 6.42 Å². The van der Waals surface area contributed by atoms with Gasteiger partial charge in [-0.25, -0.2) is 0 Å². The van der Waals surface area contributed by atoms with E-state index >= 15 is 0 Å². The Morgan fingerprint density at radius 2 is 1.50 bits per heavy atom. The predicted octanol–water partition coefficient (Wildman–Crippen LogP) is 2.53. The number of rotatable bonds is 12. The molecule has 0 saturated heterocycles. The zero-order valence-corrected chi connectivity index (χ0v) is 11.5. The highest BCUT2D eigenvalue weighted by atomic mass is 16.4. The Kier molecular flexibility index (Phi) is 10.00. The number of hydrogen-bond acceptors (Lipinski definition) is 3. The molecule has 0 aliphatic rings. The largest absolute Gasteiger partial charge is 0.481 e. The molecule has 114 valence electrons. The smallest absolute Gasteiger partial charge is 0.307 e. The summed E-state index contributed by atoms with van der Waals surface area (Å²) >= 11 is 0. The standard InChI is InChI=1S/C14H22O6/c15-12(16)9-7-5-3-1-2-4-6-8-11(14(19)20)10-13(17)18/h4,6,11H,1-3,5,7-10H2,(H,15,16)(H,17,18)(H,19,20)/b6-4+. The maximum Gasteiger partial charge on any atom is 0.307 e. The minimum absolute atomic E-state index is 0.200. The second-order valence-electron chi connectivity index (χ2n) is 4.69. The molecule has 0 amide bonds. The molecule has 20 heavy (non-hydrogen) atoms. The minimum atomic E-state index is -1.11. The van der Waals surface area contributed by atoms with Crippen molar-refractivity contribution in [3.05, 3.63) is 12.2 Å². The van der Waals surface area contributed by atoms with E-state index in [9.17, 15) is 14.4 Å². The van der Waals surface area contributed by atoms with E-state index < -0.39 is 23.8 Å². The lowest BCUT2D eigenvalue weighted by Gasteiger charge is -2.05. The zero-order valence-electron chi connectivity index (χ0n) is 11.5. The summed E-state index contributed by atoms with van der Waals surface area (Å²) in [6.07, 6.45) is 7.83. The predicted molar refractivity (Wildman–Crippen MR) is 72.5 cm³/mol. The number of unbranched alkanes of at least 4 members (excludes halogenated alkanes) is 4. The van der Waals surface area contributed by atoms with Gasteiger partial charge >= 0.3 is 17.9 Å². The molecule has 0 aromatic carbocycles. The van der Waals surface area contributed by atoms with Crippen LogP contribution >= 0.6 is 0 Å². The minimum Gasteiger partial charge on any atom is -0.481 e.